The van der Waals surface area contributed by atoms with E-state index in [1.165, 1.54) is 10.6 Å². The van der Waals surface area contributed by atoms with Gasteiger partial charge in [-0.2, -0.15) is 4.31 Å². The number of hydrogen-bond acceptors (Lipinski definition) is 6. The van der Waals surface area contributed by atoms with Gasteiger partial charge in [0.15, 0.2) is 0 Å². The Morgan fingerprint density at radius 1 is 1.06 bits per heavy atom. The molecule has 0 bridgehead atoms. The second-order valence-electron chi connectivity index (χ2n) is 9.10. The number of methoxy groups -OCH3 is 1. The smallest absolute Gasteiger partial charge is 0.415 e. The van der Waals surface area contributed by atoms with Gasteiger partial charge in [-0.05, 0) is 31.1 Å². The topological polar surface area (TPSA) is 79.4 Å². The number of allylic oxidation sites excluding steroid dienone is 2. The van der Waals surface area contributed by atoms with Gasteiger partial charge in [0, 0.05) is 55.3 Å². The number of hydrogen-bond donors (Lipinski definition) is 0. The summed E-state index contributed by atoms with van der Waals surface area (Å²) < 4.78 is 39.8. The van der Waals surface area contributed by atoms with E-state index < -0.39 is 16.1 Å². The Morgan fingerprint density at radius 3 is 2.49 bits per heavy atom. The molecule has 9 heteroatoms. The Balaban J connectivity index is 1.40. The third-order valence-electron chi connectivity index (χ3n) is 6.93. The van der Waals surface area contributed by atoms with Gasteiger partial charge in [0.1, 0.15) is 18.1 Å². The Morgan fingerprint density at radius 2 is 1.77 bits per heavy atom. The van der Waals surface area contributed by atoms with Crippen molar-refractivity contribution >= 4 is 32.6 Å². The highest BCUT2D eigenvalue weighted by atomic mass is 32.2. The van der Waals surface area contributed by atoms with Gasteiger partial charge in [0.2, 0.25) is 10.0 Å². The summed E-state index contributed by atoms with van der Waals surface area (Å²) in [6.07, 6.45) is 7.64. The lowest BCUT2D eigenvalue weighted by Gasteiger charge is -2.43. The van der Waals surface area contributed by atoms with Gasteiger partial charge < -0.3 is 14.4 Å². The zero-order valence-electron chi connectivity index (χ0n) is 20.0. The SMILES string of the molecule is COC1=CC=CC2=COC(=O)N(C3CCN(S(=O)(=O)c4cccc5c(N(C)C)cccc45)CC3)C21. The highest BCUT2D eigenvalue weighted by molar-refractivity contribution is 7.89. The van der Waals surface area contributed by atoms with Crippen LogP contribution in [0.5, 0.6) is 0 Å². The number of fused-ring (bicyclic) bond motifs is 2. The monoisotopic (exact) mass is 495 g/mol. The molecule has 2 aliphatic heterocycles. The molecule has 2 aromatic carbocycles. The Kier molecular flexibility index (Phi) is 6.06. The summed E-state index contributed by atoms with van der Waals surface area (Å²) in [6.45, 7) is 0.627. The Labute approximate surface area is 205 Å². The van der Waals surface area contributed by atoms with E-state index in [0.717, 1.165) is 16.6 Å². The van der Waals surface area contributed by atoms with E-state index in [2.05, 4.69) is 0 Å². The summed E-state index contributed by atoms with van der Waals surface area (Å²) in [6, 6.07) is 10.6. The van der Waals surface area contributed by atoms with Crippen molar-refractivity contribution < 1.29 is 22.7 Å². The molecule has 0 N–H and O–H groups in total. The average Bonchev–Trinajstić information content (AvgIpc) is 2.87. The van der Waals surface area contributed by atoms with Crippen molar-refractivity contribution in [3.8, 4) is 0 Å². The van der Waals surface area contributed by atoms with E-state index >= 15 is 0 Å². The van der Waals surface area contributed by atoms with Gasteiger partial charge in [-0.15, -0.1) is 0 Å². The molecule has 8 nitrogen and oxygen atoms in total. The fourth-order valence-electron chi connectivity index (χ4n) is 5.21. The van der Waals surface area contributed by atoms with Crippen LogP contribution in [-0.4, -0.2) is 70.1 Å². The third kappa shape index (κ3) is 3.98. The number of rotatable bonds is 5. The first-order valence-corrected chi connectivity index (χ1v) is 13.1. The molecule has 1 fully saturated rings. The first-order valence-electron chi connectivity index (χ1n) is 11.6. The van der Waals surface area contributed by atoms with Crippen molar-refractivity contribution in [2.75, 3.05) is 39.2 Å². The Bertz CT molecular complexity index is 1350. The summed E-state index contributed by atoms with van der Waals surface area (Å²) >= 11 is 0. The first kappa shape index (κ1) is 23.4. The van der Waals surface area contributed by atoms with E-state index in [4.69, 9.17) is 9.47 Å². The van der Waals surface area contributed by atoms with Gasteiger partial charge in [0.05, 0.1) is 12.0 Å². The number of benzene rings is 2. The van der Waals surface area contributed by atoms with Gasteiger partial charge in [-0.25, -0.2) is 13.2 Å². The highest BCUT2D eigenvalue weighted by Crippen LogP contribution is 2.36. The lowest BCUT2D eigenvalue weighted by Crippen LogP contribution is -2.55. The molecule has 0 saturated carbocycles. The van der Waals surface area contributed by atoms with Crippen molar-refractivity contribution in [1.29, 1.82) is 0 Å². The minimum absolute atomic E-state index is 0.166. The number of cyclic esters (lactones) is 1. The predicted octanol–water partition coefficient (Wildman–Crippen LogP) is 3.86. The molecule has 0 spiro atoms. The number of amides is 1. The number of nitrogens with zero attached hydrogens (tertiary/aromatic N) is 3. The molecule has 0 aromatic heterocycles. The lowest BCUT2D eigenvalue weighted by atomic mass is 9.94. The van der Waals surface area contributed by atoms with Crippen LogP contribution < -0.4 is 4.90 Å². The first-order chi connectivity index (χ1) is 16.8. The zero-order chi connectivity index (χ0) is 24.7. The predicted molar refractivity (Wildman–Crippen MR) is 134 cm³/mol. The molecule has 1 saturated heterocycles. The molecule has 0 radical (unpaired) electrons. The van der Waals surface area contributed by atoms with Crippen molar-refractivity contribution in [3.05, 3.63) is 72.2 Å². The molecule has 3 aliphatic rings. The van der Waals surface area contributed by atoms with Crippen molar-refractivity contribution in [2.45, 2.75) is 29.8 Å². The quantitative estimate of drug-likeness (QED) is 0.627. The fourth-order valence-corrected chi connectivity index (χ4v) is 6.88. The van der Waals surface area contributed by atoms with Crippen molar-refractivity contribution in [3.63, 3.8) is 0 Å². The van der Waals surface area contributed by atoms with Crippen LogP contribution in [0.1, 0.15) is 12.8 Å². The van der Waals surface area contributed by atoms with Gasteiger partial charge in [-0.3, -0.25) is 4.90 Å². The minimum Gasteiger partial charge on any atom is -0.499 e. The van der Waals surface area contributed by atoms with E-state index in [0.29, 0.717) is 42.0 Å². The van der Waals surface area contributed by atoms with Gasteiger partial charge in [-0.1, -0.05) is 36.4 Å². The molecule has 1 amide bonds. The number of piperidine rings is 1. The van der Waals surface area contributed by atoms with E-state index in [-0.39, 0.29) is 12.1 Å². The maximum Gasteiger partial charge on any atom is 0.415 e. The molecule has 2 heterocycles. The van der Waals surface area contributed by atoms with Crippen LogP contribution in [0.4, 0.5) is 10.5 Å². The normalized spacial score (nSPS) is 21.3. The molecule has 1 unspecified atom stereocenters. The molecule has 5 rings (SSSR count). The van der Waals surface area contributed by atoms with E-state index in [1.807, 2.05) is 61.5 Å². The second kappa shape index (κ2) is 9.05. The van der Waals surface area contributed by atoms with Crippen molar-refractivity contribution in [2.24, 2.45) is 0 Å². The molecular weight excluding hydrogens is 466 g/mol. The molecule has 1 aliphatic carbocycles. The number of anilines is 1. The Hall–Kier alpha value is -3.30. The summed E-state index contributed by atoms with van der Waals surface area (Å²) in [5.74, 6) is 0.665. The summed E-state index contributed by atoms with van der Waals surface area (Å²) in [5.41, 5.74) is 1.81. The number of sulfonamides is 1. The standard InChI is InChI=1S/C26H29N3O5S/c1-27(2)22-10-5-9-21-20(22)8-6-12-24(21)35(31,32)28-15-13-19(14-16-28)29-25-18(17-34-26(29)30)7-4-11-23(25)33-3/h4-12,17,19,25H,13-16H2,1-3H3. The van der Waals surface area contributed by atoms with Crippen LogP contribution in [0, 0.1) is 0 Å². The number of carbonyl (C=O) groups excluding carboxylic acids is 1. The third-order valence-corrected chi connectivity index (χ3v) is 8.89. The van der Waals surface area contributed by atoms with Crippen molar-refractivity contribution in [1.82, 2.24) is 9.21 Å². The summed E-state index contributed by atoms with van der Waals surface area (Å²) in [5, 5.41) is 1.60. The second-order valence-corrected chi connectivity index (χ2v) is 11.0. The van der Waals surface area contributed by atoms with Crippen LogP contribution in [0.2, 0.25) is 0 Å². The summed E-state index contributed by atoms with van der Waals surface area (Å²) in [4.78, 5) is 16.7. The van der Waals surface area contributed by atoms with E-state index in [9.17, 15) is 13.2 Å². The number of ether oxygens (including phenoxy) is 2. The molecule has 184 valence electrons. The largest absolute Gasteiger partial charge is 0.499 e. The highest BCUT2D eigenvalue weighted by Gasteiger charge is 2.42. The zero-order valence-corrected chi connectivity index (χ0v) is 20.9. The fraction of sp³-hybridized carbons (Fsp3) is 0.346. The molecular formula is C26H29N3O5S. The summed E-state index contributed by atoms with van der Waals surface area (Å²) in [7, 11) is 1.76. The van der Waals surface area contributed by atoms with Crippen LogP contribution in [-0.2, 0) is 19.5 Å². The molecule has 35 heavy (non-hydrogen) atoms. The van der Waals surface area contributed by atoms with Crippen LogP contribution in [0.15, 0.2) is 77.1 Å². The van der Waals surface area contributed by atoms with Crippen LogP contribution >= 0.6 is 0 Å². The van der Waals surface area contributed by atoms with Gasteiger partial charge in [0.25, 0.3) is 0 Å². The average molecular weight is 496 g/mol. The number of carbonyl (C=O) groups is 1. The van der Waals surface area contributed by atoms with E-state index in [1.54, 1.807) is 24.1 Å². The van der Waals surface area contributed by atoms with Crippen LogP contribution in [0.3, 0.4) is 0 Å². The van der Waals surface area contributed by atoms with Crippen LogP contribution in [0.25, 0.3) is 10.8 Å². The minimum atomic E-state index is -3.72. The van der Waals surface area contributed by atoms with Gasteiger partial charge >= 0.3 is 6.09 Å². The lowest BCUT2D eigenvalue weighted by molar-refractivity contribution is 0.0634. The maximum atomic E-state index is 13.7. The molecule has 1 atom stereocenters. The maximum absolute atomic E-state index is 13.7. The molecule has 2 aromatic rings.